The molecule has 0 aliphatic heterocycles. The maximum atomic E-state index is 14.0. The van der Waals surface area contributed by atoms with Crippen molar-refractivity contribution in [2.75, 3.05) is 26.0 Å². The molecule has 10 heteroatoms. The van der Waals surface area contributed by atoms with Crippen molar-refractivity contribution in [2.45, 2.75) is 0 Å². The second-order valence-corrected chi connectivity index (χ2v) is 9.59. The summed E-state index contributed by atoms with van der Waals surface area (Å²) < 4.78 is 14.0. The van der Waals surface area contributed by atoms with Gasteiger partial charge in [-0.1, -0.05) is 12.1 Å². The number of H-pyrrole nitrogens is 2. The van der Waals surface area contributed by atoms with Crippen molar-refractivity contribution in [1.29, 1.82) is 0 Å². The van der Waals surface area contributed by atoms with Crippen molar-refractivity contribution >= 4 is 33.5 Å². The highest BCUT2D eigenvalue weighted by Gasteiger charge is 2.16. The highest BCUT2D eigenvalue weighted by molar-refractivity contribution is 6.01. The van der Waals surface area contributed by atoms with Crippen molar-refractivity contribution in [1.82, 2.24) is 30.0 Å². The Morgan fingerprint density at radius 2 is 1.85 bits per heavy atom. The first kappa shape index (κ1) is 24.3. The Kier molecular flexibility index (Phi) is 6.01. The number of halogens is 1. The number of fused-ring (bicyclic) bond motifs is 2. The average molecular weight is 522 g/mol. The summed E-state index contributed by atoms with van der Waals surface area (Å²) in [5.41, 5.74) is 6.45. The molecule has 4 heterocycles. The second kappa shape index (κ2) is 9.66. The first-order valence-corrected chi connectivity index (χ1v) is 12.2. The number of hydrogen-bond acceptors (Lipinski definition) is 6. The van der Waals surface area contributed by atoms with E-state index in [9.17, 15) is 14.3 Å². The zero-order valence-electron chi connectivity index (χ0n) is 21.2. The van der Waals surface area contributed by atoms with Gasteiger partial charge in [-0.3, -0.25) is 14.9 Å². The maximum absolute atomic E-state index is 14.0. The van der Waals surface area contributed by atoms with Gasteiger partial charge < -0.3 is 20.3 Å². The lowest BCUT2D eigenvalue weighted by atomic mass is 10.0. The molecule has 0 aliphatic carbocycles. The number of carbonyl (C=O) groups is 1. The summed E-state index contributed by atoms with van der Waals surface area (Å²) in [7, 11) is 3.66. The summed E-state index contributed by atoms with van der Waals surface area (Å²) in [4.78, 5) is 26.2. The average Bonchev–Trinajstić information content (AvgIpc) is 3.51. The number of phenolic OH excluding ortho intramolecular Hbond substituents is 1. The third-order valence-electron chi connectivity index (χ3n) is 6.34. The van der Waals surface area contributed by atoms with Crippen LogP contribution >= 0.6 is 0 Å². The molecule has 6 rings (SSSR count). The van der Waals surface area contributed by atoms with Crippen LogP contribution in [-0.2, 0) is 4.79 Å². The number of nitrogens with one attached hydrogen (secondary N) is 3. The van der Waals surface area contributed by atoms with E-state index in [1.54, 1.807) is 23.5 Å². The smallest absolute Gasteiger partial charge is 0.238 e. The van der Waals surface area contributed by atoms with E-state index in [0.29, 0.717) is 22.6 Å². The molecular formula is C29H24FN7O2. The van der Waals surface area contributed by atoms with Gasteiger partial charge in [0.15, 0.2) is 5.65 Å². The fourth-order valence-electron chi connectivity index (χ4n) is 4.68. The Morgan fingerprint density at radius 1 is 1.00 bits per heavy atom. The van der Waals surface area contributed by atoms with Crippen molar-refractivity contribution in [3.63, 3.8) is 0 Å². The highest BCUT2D eigenvalue weighted by Crippen LogP contribution is 2.36. The molecule has 0 aliphatic rings. The quantitative estimate of drug-likeness (QED) is 0.240. The lowest BCUT2D eigenvalue weighted by Gasteiger charge is -2.10. The third-order valence-corrected chi connectivity index (χ3v) is 6.34. The zero-order valence-corrected chi connectivity index (χ0v) is 21.2. The number of carbonyl (C=O) groups excluding carboxylic acids is 1. The number of nitrogens with zero attached hydrogens (tertiary/aromatic N) is 4. The molecule has 0 saturated heterocycles. The normalized spacial score (nSPS) is 11.5. The number of pyridine rings is 2. The summed E-state index contributed by atoms with van der Waals surface area (Å²) >= 11 is 0. The number of anilines is 1. The van der Waals surface area contributed by atoms with E-state index in [1.807, 2.05) is 50.5 Å². The molecular weight excluding hydrogens is 497 g/mol. The first-order chi connectivity index (χ1) is 18.8. The SMILES string of the molecule is CN(C)CC(=O)Nc1cncc(-c2cnc3[nH]nc(-c4cc5c(-c6cc(O)cc(F)c6)cccc5[nH]4)c3c2)c1. The Labute approximate surface area is 222 Å². The number of hydrogen-bond donors (Lipinski definition) is 4. The van der Waals surface area contributed by atoms with Crippen LogP contribution in [0, 0.1) is 5.82 Å². The molecule has 194 valence electrons. The molecule has 0 unspecified atom stereocenters. The molecule has 2 aromatic carbocycles. The Morgan fingerprint density at radius 3 is 2.67 bits per heavy atom. The predicted molar refractivity (Wildman–Crippen MR) is 149 cm³/mol. The van der Waals surface area contributed by atoms with E-state index in [4.69, 9.17) is 0 Å². The van der Waals surface area contributed by atoms with Crippen LogP contribution in [-0.4, -0.2) is 61.7 Å². The highest BCUT2D eigenvalue weighted by atomic mass is 19.1. The van der Waals surface area contributed by atoms with Gasteiger partial charge in [0, 0.05) is 45.9 Å². The molecule has 9 nitrogen and oxygen atoms in total. The van der Waals surface area contributed by atoms with Crippen molar-refractivity contribution in [3.8, 4) is 39.4 Å². The van der Waals surface area contributed by atoms with Crippen LogP contribution in [0.25, 0.3) is 55.6 Å². The van der Waals surface area contributed by atoms with Crippen molar-refractivity contribution in [3.05, 3.63) is 79.0 Å². The Hall–Kier alpha value is -5.09. The van der Waals surface area contributed by atoms with Crippen LogP contribution in [0.3, 0.4) is 0 Å². The topological polar surface area (TPSA) is 123 Å². The van der Waals surface area contributed by atoms with E-state index in [0.717, 1.165) is 44.7 Å². The predicted octanol–water partition coefficient (Wildman–Crippen LogP) is 5.18. The molecule has 4 N–H and O–H groups in total. The van der Waals surface area contributed by atoms with Gasteiger partial charge in [0.1, 0.15) is 17.3 Å². The van der Waals surface area contributed by atoms with Crippen LogP contribution in [0.2, 0.25) is 0 Å². The molecule has 0 fully saturated rings. The largest absolute Gasteiger partial charge is 0.508 e. The van der Waals surface area contributed by atoms with Crippen LogP contribution < -0.4 is 5.32 Å². The van der Waals surface area contributed by atoms with Crippen molar-refractivity contribution in [2.24, 2.45) is 0 Å². The fourth-order valence-corrected chi connectivity index (χ4v) is 4.68. The van der Waals surface area contributed by atoms with E-state index in [2.05, 4.69) is 30.5 Å². The Bertz CT molecular complexity index is 1840. The van der Waals surface area contributed by atoms with E-state index < -0.39 is 5.82 Å². The fraction of sp³-hybridized carbons (Fsp3) is 0.103. The molecule has 0 bridgehead atoms. The van der Waals surface area contributed by atoms with Crippen molar-refractivity contribution < 1.29 is 14.3 Å². The molecule has 39 heavy (non-hydrogen) atoms. The third kappa shape index (κ3) is 4.80. The second-order valence-electron chi connectivity index (χ2n) is 9.59. The van der Waals surface area contributed by atoms with Crippen LogP contribution in [0.5, 0.6) is 5.75 Å². The van der Waals surface area contributed by atoms with Gasteiger partial charge in [0.25, 0.3) is 0 Å². The van der Waals surface area contributed by atoms with Crippen LogP contribution in [0.4, 0.5) is 10.1 Å². The monoisotopic (exact) mass is 521 g/mol. The lowest BCUT2D eigenvalue weighted by Crippen LogP contribution is -2.27. The standard InChI is InChI=1S/C29H24FN7O2/c1-37(2)15-27(39)33-20-7-17(12-31-14-20)18-9-24-28(35-36-29(24)32-13-18)26-11-23-22(4-3-5-25(23)34-26)16-6-19(30)10-21(38)8-16/h3-14,34,38H,15H2,1-2H3,(H,33,39)(H,32,35,36). The summed E-state index contributed by atoms with van der Waals surface area (Å²) in [5, 5.41) is 21.9. The Balaban J connectivity index is 1.39. The number of benzene rings is 2. The lowest BCUT2D eigenvalue weighted by molar-refractivity contribution is -0.116. The zero-order chi connectivity index (χ0) is 27.1. The van der Waals surface area contributed by atoms with Crippen LogP contribution in [0.1, 0.15) is 0 Å². The molecule has 0 atom stereocenters. The number of aromatic hydroxyl groups is 1. The summed E-state index contributed by atoms with van der Waals surface area (Å²) in [6.45, 7) is 0.267. The van der Waals surface area contributed by atoms with Gasteiger partial charge in [-0.25, -0.2) is 9.37 Å². The van der Waals surface area contributed by atoms with Gasteiger partial charge in [-0.15, -0.1) is 0 Å². The number of aromatic nitrogens is 5. The van der Waals surface area contributed by atoms with Gasteiger partial charge in [0.2, 0.25) is 5.91 Å². The molecule has 1 amide bonds. The van der Waals surface area contributed by atoms with Gasteiger partial charge in [-0.05, 0) is 61.6 Å². The molecule has 0 saturated carbocycles. The molecule has 0 spiro atoms. The number of aromatic amines is 2. The molecule has 4 aromatic heterocycles. The minimum Gasteiger partial charge on any atom is -0.508 e. The van der Waals surface area contributed by atoms with Gasteiger partial charge in [-0.2, -0.15) is 5.10 Å². The van der Waals surface area contributed by atoms with Gasteiger partial charge >= 0.3 is 0 Å². The summed E-state index contributed by atoms with van der Waals surface area (Å²) in [5.74, 6) is -0.771. The summed E-state index contributed by atoms with van der Waals surface area (Å²) in [6.07, 6.45) is 5.05. The van der Waals surface area contributed by atoms with E-state index >= 15 is 0 Å². The van der Waals surface area contributed by atoms with Gasteiger partial charge in [0.05, 0.1) is 24.1 Å². The number of rotatable bonds is 6. The molecule has 6 aromatic rings. The maximum Gasteiger partial charge on any atom is 0.238 e. The number of likely N-dealkylation sites (N-methyl/N-ethyl adjacent to an activating group) is 1. The van der Waals surface area contributed by atoms with Crippen LogP contribution in [0.15, 0.2) is 73.2 Å². The van der Waals surface area contributed by atoms with E-state index in [-0.39, 0.29) is 18.2 Å². The first-order valence-electron chi connectivity index (χ1n) is 12.2. The minimum absolute atomic E-state index is 0.128. The number of amides is 1. The summed E-state index contributed by atoms with van der Waals surface area (Å²) in [6, 6.07) is 15.5. The number of phenols is 1. The molecule has 0 radical (unpaired) electrons. The minimum atomic E-state index is -0.509. The van der Waals surface area contributed by atoms with E-state index in [1.165, 1.54) is 12.1 Å².